The summed E-state index contributed by atoms with van der Waals surface area (Å²) >= 11 is 4.71. The standard InChI is InChI=1S/C20H19I2N3O/c1-12-7-13(2)25(23-12)11-16(26)10-24-19-5-3-14(21)8-17(19)18-9-15(22)4-6-20(18)24/h3-9,16,26H,10-11H2,1-2H3/t16-/m0/s1. The lowest BCUT2D eigenvalue weighted by Crippen LogP contribution is -2.23. The van der Waals surface area contributed by atoms with Crippen LogP contribution in [0.3, 0.4) is 0 Å². The zero-order valence-electron chi connectivity index (χ0n) is 14.6. The smallest absolute Gasteiger partial charge is 0.0914 e. The number of nitrogens with zero attached hydrogens (tertiary/aromatic N) is 3. The van der Waals surface area contributed by atoms with Gasteiger partial charge in [0.1, 0.15) is 0 Å². The van der Waals surface area contributed by atoms with Gasteiger partial charge >= 0.3 is 0 Å². The van der Waals surface area contributed by atoms with Gasteiger partial charge in [-0.1, -0.05) is 0 Å². The van der Waals surface area contributed by atoms with Crippen LogP contribution in [0.15, 0.2) is 42.5 Å². The summed E-state index contributed by atoms with van der Waals surface area (Å²) in [6.45, 7) is 5.04. The van der Waals surface area contributed by atoms with Crippen molar-refractivity contribution in [1.29, 1.82) is 0 Å². The van der Waals surface area contributed by atoms with Gasteiger partial charge in [0.05, 0.1) is 24.9 Å². The van der Waals surface area contributed by atoms with Gasteiger partial charge in [-0.05, 0) is 101 Å². The van der Waals surface area contributed by atoms with E-state index in [-0.39, 0.29) is 0 Å². The quantitative estimate of drug-likeness (QED) is 0.356. The van der Waals surface area contributed by atoms with E-state index in [0.717, 1.165) is 22.4 Å². The van der Waals surface area contributed by atoms with Crippen LogP contribution >= 0.6 is 45.2 Å². The molecule has 1 N–H and O–H groups in total. The van der Waals surface area contributed by atoms with E-state index in [0.29, 0.717) is 13.1 Å². The molecule has 4 aromatic rings. The first-order chi connectivity index (χ1) is 12.4. The van der Waals surface area contributed by atoms with Crippen LogP contribution in [0.5, 0.6) is 0 Å². The number of hydrogen-bond donors (Lipinski definition) is 1. The Labute approximate surface area is 179 Å². The average molecular weight is 571 g/mol. The van der Waals surface area contributed by atoms with E-state index < -0.39 is 6.10 Å². The van der Waals surface area contributed by atoms with Crippen molar-refractivity contribution >= 4 is 67.0 Å². The molecule has 0 aliphatic heterocycles. The molecule has 26 heavy (non-hydrogen) atoms. The minimum Gasteiger partial charge on any atom is -0.389 e. The zero-order chi connectivity index (χ0) is 18.4. The molecular formula is C20H19I2N3O. The van der Waals surface area contributed by atoms with E-state index in [1.807, 2.05) is 24.6 Å². The van der Waals surface area contributed by atoms with Crippen LogP contribution in [-0.4, -0.2) is 25.6 Å². The Balaban J connectivity index is 1.76. The van der Waals surface area contributed by atoms with Crippen molar-refractivity contribution < 1.29 is 5.11 Å². The fourth-order valence-corrected chi connectivity index (χ4v) is 4.56. The fourth-order valence-electron chi connectivity index (χ4n) is 3.57. The predicted molar refractivity (Wildman–Crippen MR) is 123 cm³/mol. The molecule has 0 aliphatic carbocycles. The minimum atomic E-state index is -0.509. The van der Waals surface area contributed by atoms with E-state index in [2.05, 4.69) is 91.2 Å². The number of benzene rings is 2. The Kier molecular flexibility index (Phi) is 5.00. The summed E-state index contributed by atoms with van der Waals surface area (Å²) in [5, 5.41) is 17.7. The highest BCUT2D eigenvalue weighted by Gasteiger charge is 2.16. The maximum Gasteiger partial charge on any atom is 0.0914 e. The highest BCUT2D eigenvalue weighted by atomic mass is 127. The van der Waals surface area contributed by atoms with Gasteiger partial charge < -0.3 is 9.67 Å². The van der Waals surface area contributed by atoms with Gasteiger partial charge in [-0.3, -0.25) is 4.68 Å². The van der Waals surface area contributed by atoms with Gasteiger partial charge in [-0.25, -0.2) is 0 Å². The molecule has 0 saturated heterocycles. The Morgan fingerprint density at radius 3 is 2.00 bits per heavy atom. The summed E-state index contributed by atoms with van der Waals surface area (Å²) in [6, 6.07) is 15.0. The maximum absolute atomic E-state index is 10.8. The van der Waals surface area contributed by atoms with Crippen molar-refractivity contribution in [2.24, 2.45) is 0 Å². The number of aromatic nitrogens is 3. The van der Waals surface area contributed by atoms with Gasteiger partial charge in [0.25, 0.3) is 0 Å². The van der Waals surface area contributed by atoms with Crippen molar-refractivity contribution in [2.45, 2.75) is 33.0 Å². The van der Waals surface area contributed by atoms with Gasteiger partial charge in [0.2, 0.25) is 0 Å². The normalized spacial score (nSPS) is 13.0. The third-order valence-electron chi connectivity index (χ3n) is 4.67. The van der Waals surface area contributed by atoms with Crippen LogP contribution in [0, 0.1) is 21.0 Å². The van der Waals surface area contributed by atoms with Crippen molar-refractivity contribution in [2.75, 3.05) is 0 Å². The molecule has 0 aliphatic rings. The fraction of sp³-hybridized carbons (Fsp3) is 0.250. The van der Waals surface area contributed by atoms with E-state index in [4.69, 9.17) is 0 Å². The van der Waals surface area contributed by atoms with Crippen LogP contribution in [0.2, 0.25) is 0 Å². The molecule has 0 spiro atoms. The number of fused-ring (bicyclic) bond motifs is 3. The minimum absolute atomic E-state index is 0.496. The van der Waals surface area contributed by atoms with Crippen molar-refractivity contribution in [1.82, 2.24) is 14.3 Å². The molecule has 2 aromatic heterocycles. The lowest BCUT2D eigenvalue weighted by Gasteiger charge is -2.15. The maximum atomic E-state index is 10.8. The number of aryl methyl sites for hydroxylation is 2. The molecule has 0 saturated carbocycles. The summed E-state index contributed by atoms with van der Waals surface area (Å²) in [4.78, 5) is 0. The number of halogens is 2. The van der Waals surface area contributed by atoms with Crippen LogP contribution in [0.4, 0.5) is 0 Å². The van der Waals surface area contributed by atoms with E-state index in [9.17, 15) is 5.11 Å². The lowest BCUT2D eigenvalue weighted by atomic mass is 10.2. The highest BCUT2D eigenvalue weighted by molar-refractivity contribution is 14.1. The Hall–Kier alpha value is -1.13. The molecular weight excluding hydrogens is 552 g/mol. The van der Waals surface area contributed by atoms with Gasteiger partial charge in [0.15, 0.2) is 0 Å². The van der Waals surface area contributed by atoms with Crippen LogP contribution in [0.1, 0.15) is 11.4 Å². The first kappa shape index (κ1) is 18.2. The summed E-state index contributed by atoms with van der Waals surface area (Å²) in [5.74, 6) is 0. The molecule has 0 fully saturated rings. The monoisotopic (exact) mass is 571 g/mol. The largest absolute Gasteiger partial charge is 0.389 e. The summed E-state index contributed by atoms with van der Waals surface area (Å²) in [6.07, 6.45) is -0.509. The molecule has 2 heterocycles. The van der Waals surface area contributed by atoms with Gasteiger partial charge in [-0.15, -0.1) is 0 Å². The topological polar surface area (TPSA) is 43.0 Å². The number of aliphatic hydroxyl groups is 1. The first-order valence-electron chi connectivity index (χ1n) is 8.48. The molecule has 6 heteroatoms. The second-order valence-electron chi connectivity index (χ2n) is 6.70. The Morgan fingerprint density at radius 2 is 1.50 bits per heavy atom. The Bertz CT molecular complexity index is 1050. The first-order valence-corrected chi connectivity index (χ1v) is 10.6. The summed E-state index contributed by atoms with van der Waals surface area (Å²) in [7, 11) is 0. The molecule has 2 aromatic carbocycles. The average Bonchev–Trinajstić information content (AvgIpc) is 3.04. The number of hydrogen-bond acceptors (Lipinski definition) is 2. The predicted octanol–water partition coefficient (Wildman–Crippen LogP) is 4.88. The lowest BCUT2D eigenvalue weighted by molar-refractivity contribution is 0.132. The molecule has 4 rings (SSSR count). The van der Waals surface area contributed by atoms with Gasteiger partial charge in [0, 0.05) is 34.6 Å². The molecule has 0 unspecified atom stereocenters. The zero-order valence-corrected chi connectivity index (χ0v) is 18.9. The number of aliphatic hydroxyl groups excluding tert-OH is 1. The molecule has 134 valence electrons. The van der Waals surface area contributed by atoms with E-state index >= 15 is 0 Å². The van der Waals surface area contributed by atoms with Crippen molar-refractivity contribution in [3.8, 4) is 0 Å². The SMILES string of the molecule is Cc1cc(C)n(C[C@@H](O)Cn2c3ccc(I)cc3c3cc(I)ccc32)n1. The molecule has 1 atom stereocenters. The van der Waals surface area contributed by atoms with Crippen LogP contribution in [-0.2, 0) is 13.1 Å². The highest BCUT2D eigenvalue weighted by Crippen LogP contribution is 2.31. The second-order valence-corrected chi connectivity index (χ2v) is 9.19. The van der Waals surface area contributed by atoms with E-state index in [1.54, 1.807) is 0 Å². The third kappa shape index (κ3) is 3.38. The van der Waals surface area contributed by atoms with Crippen LogP contribution < -0.4 is 0 Å². The van der Waals surface area contributed by atoms with Gasteiger partial charge in [-0.2, -0.15) is 5.10 Å². The second kappa shape index (κ2) is 7.12. The van der Waals surface area contributed by atoms with Crippen molar-refractivity contribution in [3.63, 3.8) is 0 Å². The number of rotatable bonds is 4. The molecule has 4 nitrogen and oxygen atoms in total. The molecule has 0 bridgehead atoms. The Morgan fingerprint density at radius 1 is 0.923 bits per heavy atom. The van der Waals surface area contributed by atoms with Crippen LogP contribution in [0.25, 0.3) is 21.8 Å². The third-order valence-corrected chi connectivity index (χ3v) is 6.01. The van der Waals surface area contributed by atoms with Crippen molar-refractivity contribution in [3.05, 3.63) is 61.0 Å². The summed E-state index contributed by atoms with van der Waals surface area (Å²) < 4.78 is 6.56. The summed E-state index contributed by atoms with van der Waals surface area (Å²) in [5.41, 5.74) is 4.38. The molecule has 0 radical (unpaired) electrons. The van der Waals surface area contributed by atoms with E-state index in [1.165, 1.54) is 17.9 Å². The molecule has 0 amide bonds.